The van der Waals surface area contributed by atoms with Crippen LogP contribution in [0, 0.1) is 6.92 Å². The van der Waals surface area contributed by atoms with Crippen LogP contribution in [0.15, 0.2) is 48.5 Å². The number of carbonyl (C=O) groups is 1. The van der Waals surface area contributed by atoms with Crippen LogP contribution in [0.1, 0.15) is 13.0 Å². The molecule has 2 aromatic carbocycles. The number of anilines is 1. The lowest BCUT2D eigenvalue weighted by atomic mass is 10.0. The quantitative estimate of drug-likeness (QED) is 0.685. The number of benzene rings is 2. The molecular formula is C15H20N2O2. The fourth-order valence-corrected chi connectivity index (χ4v) is 1.63. The van der Waals surface area contributed by atoms with Crippen molar-refractivity contribution in [3.63, 3.8) is 0 Å². The third-order valence-electron chi connectivity index (χ3n) is 2.34. The second-order valence-electron chi connectivity index (χ2n) is 3.78. The Hall–Kier alpha value is -2.49. The Morgan fingerprint density at radius 3 is 2.11 bits per heavy atom. The van der Waals surface area contributed by atoms with Crippen molar-refractivity contribution in [3.8, 4) is 11.1 Å². The van der Waals surface area contributed by atoms with E-state index in [-0.39, 0.29) is 7.43 Å². The number of nitrogen functional groups attached to an aromatic ring is 1. The van der Waals surface area contributed by atoms with E-state index >= 15 is 0 Å². The molecule has 2 aromatic rings. The average molecular weight is 260 g/mol. The first-order valence-electron chi connectivity index (χ1n) is 5.40. The molecule has 5 N–H and O–H groups in total. The third-order valence-corrected chi connectivity index (χ3v) is 2.34. The molecule has 0 fully saturated rings. The van der Waals surface area contributed by atoms with Crippen LogP contribution in [0.3, 0.4) is 0 Å². The Kier molecular flexibility index (Phi) is 6.75. The van der Waals surface area contributed by atoms with Gasteiger partial charge in [0.1, 0.15) is 0 Å². The molecule has 102 valence electrons. The molecule has 0 heterocycles. The lowest BCUT2D eigenvalue weighted by Gasteiger charge is -2.06. The SMILES string of the molecule is C.Cc1cc(N)ccc1-c1ccccc1.NC(=O)O. The monoisotopic (exact) mass is 260 g/mol. The van der Waals surface area contributed by atoms with Crippen molar-refractivity contribution in [2.75, 3.05) is 5.73 Å². The second kappa shape index (κ2) is 7.76. The summed E-state index contributed by atoms with van der Waals surface area (Å²) in [5, 5.41) is 7.19. The Morgan fingerprint density at radius 1 is 1.11 bits per heavy atom. The minimum atomic E-state index is -1.33. The van der Waals surface area contributed by atoms with Gasteiger partial charge >= 0.3 is 6.09 Å². The van der Waals surface area contributed by atoms with E-state index in [2.05, 4.69) is 30.9 Å². The van der Waals surface area contributed by atoms with Crippen LogP contribution in [-0.2, 0) is 0 Å². The van der Waals surface area contributed by atoms with E-state index in [0.29, 0.717) is 0 Å². The molecule has 0 unspecified atom stereocenters. The largest absolute Gasteiger partial charge is 0.465 e. The third kappa shape index (κ3) is 5.59. The molecule has 0 aliphatic rings. The Bertz CT molecular complexity index is 521. The van der Waals surface area contributed by atoms with Crippen LogP contribution >= 0.6 is 0 Å². The highest BCUT2D eigenvalue weighted by Gasteiger charge is 2.00. The molecule has 1 amide bonds. The highest BCUT2D eigenvalue weighted by atomic mass is 16.4. The van der Waals surface area contributed by atoms with Gasteiger partial charge in [-0.3, -0.25) is 0 Å². The van der Waals surface area contributed by atoms with E-state index in [1.54, 1.807) is 0 Å². The van der Waals surface area contributed by atoms with E-state index in [4.69, 9.17) is 15.6 Å². The predicted molar refractivity (Wildman–Crippen MR) is 80.0 cm³/mol. The van der Waals surface area contributed by atoms with Gasteiger partial charge in [0, 0.05) is 5.69 Å². The van der Waals surface area contributed by atoms with Crippen molar-refractivity contribution >= 4 is 11.8 Å². The van der Waals surface area contributed by atoms with Gasteiger partial charge < -0.3 is 16.6 Å². The average Bonchev–Trinajstić information content (AvgIpc) is 2.29. The van der Waals surface area contributed by atoms with E-state index in [9.17, 15) is 0 Å². The second-order valence-corrected chi connectivity index (χ2v) is 3.78. The minimum Gasteiger partial charge on any atom is -0.465 e. The summed E-state index contributed by atoms with van der Waals surface area (Å²) in [5.74, 6) is 0. The Balaban J connectivity index is 0.000000576. The van der Waals surface area contributed by atoms with Gasteiger partial charge in [-0.1, -0.05) is 43.8 Å². The molecule has 0 radical (unpaired) electrons. The van der Waals surface area contributed by atoms with E-state index < -0.39 is 6.09 Å². The number of rotatable bonds is 1. The highest BCUT2D eigenvalue weighted by Crippen LogP contribution is 2.24. The van der Waals surface area contributed by atoms with Crippen LogP contribution in [-0.4, -0.2) is 11.2 Å². The van der Waals surface area contributed by atoms with Crippen molar-refractivity contribution in [3.05, 3.63) is 54.1 Å². The zero-order chi connectivity index (χ0) is 13.5. The van der Waals surface area contributed by atoms with Crippen LogP contribution in [0.4, 0.5) is 10.5 Å². The fourth-order valence-electron chi connectivity index (χ4n) is 1.63. The van der Waals surface area contributed by atoms with Crippen LogP contribution in [0.5, 0.6) is 0 Å². The molecule has 4 heteroatoms. The van der Waals surface area contributed by atoms with Gasteiger partial charge in [-0.15, -0.1) is 0 Å². The standard InChI is InChI=1S/C13H13N.CH3NO2.CH4/c1-10-9-12(14)7-8-13(10)11-5-3-2-4-6-11;2-1(3)4;/h2-9H,14H2,1H3;2H2,(H,3,4);1H4. The summed E-state index contributed by atoms with van der Waals surface area (Å²) >= 11 is 0. The van der Waals surface area contributed by atoms with Gasteiger partial charge in [0.25, 0.3) is 0 Å². The highest BCUT2D eigenvalue weighted by molar-refractivity contribution is 5.69. The van der Waals surface area contributed by atoms with Gasteiger partial charge in [-0.2, -0.15) is 0 Å². The van der Waals surface area contributed by atoms with Crippen molar-refractivity contribution < 1.29 is 9.90 Å². The molecule has 0 spiro atoms. The molecule has 0 aliphatic carbocycles. The number of hydrogen-bond acceptors (Lipinski definition) is 2. The summed E-state index contributed by atoms with van der Waals surface area (Å²) in [4.78, 5) is 8.78. The summed E-state index contributed by atoms with van der Waals surface area (Å²) < 4.78 is 0. The molecule has 4 nitrogen and oxygen atoms in total. The van der Waals surface area contributed by atoms with Crippen LogP contribution < -0.4 is 11.5 Å². The summed E-state index contributed by atoms with van der Waals surface area (Å²) in [5.41, 5.74) is 14.3. The predicted octanol–water partition coefficient (Wildman–Crippen LogP) is 3.50. The molecule has 0 saturated heterocycles. The fraction of sp³-hybridized carbons (Fsp3) is 0.133. The molecular weight excluding hydrogens is 240 g/mol. The smallest absolute Gasteiger partial charge is 0.402 e. The molecule has 0 aromatic heterocycles. The summed E-state index contributed by atoms with van der Waals surface area (Å²) in [6.45, 7) is 2.08. The molecule has 0 saturated carbocycles. The number of aryl methyl sites for hydroxylation is 1. The topological polar surface area (TPSA) is 89.3 Å². The lowest BCUT2D eigenvalue weighted by molar-refractivity contribution is 0.205. The number of nitrogens with two attached hydrogens (primary N) is 2. The summed E-state index contributed by atoms with van der Waals surface area (Å²) in [7, 11) is 0. The van der Waals surface area contributed by atoms with Crippen molar-refractivity contribution in [1.82, 2.24) is 0 Å². The van der Waals surface area contributed by atoms with Gasteiger partial charge in [0.05, 0.1) is 0 Å². The molecule has 0 atom stereocenters. The minimum absolute atomic E-state index is 0. The van der Waals surface area contributed by atoms with E-state index in [1.807, 2.05) is 30.3 Å². The van der Waals surface area contributed by atoms with Crippen LogP contribution in [0.2, 0.25) is 0 Å². The summed E-state index contributed by atoms with van der Waals surface area (Å²) in [6, 6.07) is 16.3. The number of hydrogen-bond donors (Lipinski definition) is 3. The van der Waals surface area contributed by atoms with Gasteiger partial charge in [-0.05, 0) is 35.7 Å². The van der Waals surface area contributed by atoms with Crippen molar-refractivity contribution in [2.45, 2.75) is 14.4 Å². The first-order chi connectivity index (χ1) is 8.50. The van der Waals surface area contributed by atoms with E-state index in [0.717, 1.165) is 5.69 Å². The number of carboxylic acid groups (broad SMARTS) is 1. The maximum absolute atomic E-state index is 8.78. The Labute approximate surface area is 113 Å². The van der Waals surface area contributed by atoms with Gasteiger partial charge in [-0.25, -0.2) is 4.79 Å². The number of primary amides is 1. The molecule has 2 rings (SSSR count). The first-order valence-corrected chi connectivity index (χ1v) is 5.40. The molecule has 0 aliphatic heterocycles. The van der Waals surface area contributed by atoms with Crippen molar-refractivity contribution in [2.24, 2.45) is 5.73 Å². The maximum atomic E-state index is 8.78. The zero-order valence-electron chi connectivity index (χ0n) is 10.1. The van der Waals surface area contributed by atoms with Gasteiger partial charge in [0.15, 0.2) is 0 Å². The molecule has 0 bridgehead atoms. The molecule has 19 heavy (non-hydrogen) atoms. The van der Waals surface area contributed by atoms with E-state index in [1.165, 1.54) is 16.7 Å². The van der Waals surface area contributed by atoms with Crippen molar-refractivity contribution in [1.29, 1.82) is 0 Å². The number of amides is 1. The maximum Gasteiger partial charge on any atom is 0.402 e. The lowest BCUT2D eigenvalue weighted by Crippen LogP contribution is -2.03. The normalized spacial score (nSPS) is 8.68. The summed E-state index contributed by atoms with van der Waals surface area (Å²) in [6.07, 6.45) is -1.33. The van der Waals surface area contributed by atoms with Gasteiger partial charge in [0.2, 0.25) is 0 Å². The van der Waals surface area contributed by atoms with Crippen LogP contribution in [0.25, 0.3) is 11.1 Å². The zero-order valence-corrected chi connectivity index (χ0v) is 10.1. The Morgan fingerprint density at radius 2 is 1.63 bits per heavy atom. The first kappa shape index (κ1) is 16.5.